The molecule has 2 aromatic carbocycles. The fraction of sp³-hybridized carbons (Fsp3) is 0.320. The van der Waals surface area contributed by atoms with Crippen LogP contribution < -0.4 is 0 Å². The van der Waals surface area contributed by atoms with Crippen molar-refractivity contribution in [2.24, 2.45) is 42.1 Å². The van der Waals surface area contributed by atoms with E-state index >= 15 is 0 Å². The van der Waals surface area contributed by atoms with Crippen LogP contribution in [0.15, 0.2) is 127 Å². The Morgan fingerprint density at radius 1 is 0.438 bits per heavy atom. The van der Waals surface area contributed by atoms with Crippen molar-refractivity contribution < 1.29 is 9.59 Å². The van der Waals surface area contributed by atoms with Crippen LogP contribution in [0.1, 0.15) is 92.8 Å². The zero-order chi connectivity index (χ0) is 47.4. The summed E-state index contributed by atoms with van der Waals surface area (Å²) in [6.45, 7) is 24.2. The van der Waals surface area contributed by atoms with Crippen LogP contribution in [0.5, 0.6) is 0 Å². The third-order valence-electron chi connectivity index (χ3n) is 10.4. The highest BCUT2D eigenvalue weighted by Crippen LogP contribution is 2.47. The number of carbonyl (C=O) groups excluding carboxylic acids is 2. The molecule has 2 aliphatic carbocycles. The molecular weight excluding hydrogens is 965 g/mol. The molecule has 64 heavy (non-hydrogen) atoms. The SMILES string of the molecule is CC(C)(C)C1=CC(=C(N=Nc2cc(Cl)c(-c3cc(Cl)c(N=NC(=C4C=C(C(C)(C)C)C(=O)C(C(C)(C)C)=C4)c4ccc(Cl)s4)cc3Cl)cc2Cl)c2ccc(Cl)s2)C=C(C(C)(C)C)C1=O. The average Bonchev–Trinajstić information content (AvgIpc) is 3.80. The van der Waals surface area contributed by atoms with Crippen molar-refractivity contribution >= 4 is 127 Å². The predicted molar refractivity (Wildman–Crippen MR) is 274 cm³/mol. The van der Waals surface area contributed by atoms with Crippen LogP contribution >= 0.6 is 92.3 Å². The van der Waals surface area contributed by atoms with Crippen molar-refractivity contribution in [2.75, 3.05) is 0 Å². The van der Waals surface area contributed by atoms with Crippen LogP contribution in [0.3, 0.4) is 0 Å². The highest BCUT2D eigenvalue weighted by molar-refractivity contribution is 7.17. The van der Waals surface area contributed by atoms with Crippen LogP contribution in [0.4, 0.5) is 11.4 Å². The second-order valence-electron chi connectivity index (χ2n) is 19.7. The lowest BCUT2D eigenvalue weighted by Crippen LogP contribution is -2.28. The summed E-state index contributed by atoms with van der Waals surface area (Å²) >= 11 is 43.3. The van der Waals surface area contributed by atoms with Crippen molar-refractivity contribution in [1.29, 1.82) is 0 Å². The van der Waals surface area contributed by atoms with Crippen molar-refractivity contribution in [3.8, 4) is 11.1 Å². The Bertz CT molecular complexity index is 2590. The number of ketones is 2. The van der Waals surface area contributed by atoms with Gasteiger partial charge in [0, 0.05) is 44.6 Å². The summed E-state index contributed by atoms with van der Waals surface area (Å²) in [4.78, 5) is 29.0. The van der Waals surface area contributed by atoms with E-state index in [-0.39, 0.29) is 21.6 Å². The number of hydrogen-bond donors (Lipinski definition) is 0. The topological polar surface area (TPSA) is 83.6 Å². The second-order valence-corrected chi connectivity index (χ2v) is 24.7. The van der Waals surface area contributed by atoms with Crippen LogP contribution in [-0.2, 0) is 9.59 Å². The third-order valence-corrected chi connectivity index (χ3v) is 14.2. The Kier molecular flexibility index (Phi) is 14.6. The van der Waals surface area contributed by atoms with Gasteiger partial charge in [0.2, 0.25) is 0 Å². The smallest absolute Gasteiger partial charge is 0.186 e. The molecule has 6 nitrogen and oxygen atoms in total. The summed E-state index contributed by atoms with van der Waals surface area (Å²) in [6.07, 6.45) is 7.55. The maximum absolute atomic E-state index is 13.7. The number of thiophene rings is 2. The second kappa shape index (κ2) is 18.7. The molecule has 0 radical (unpaired) electrons. The van der Waals surface area contributed by atoms with E-state index in [0.717, 1.165) is 20.9 Å². The minimum atomic E-state index is -0.431. The van der Waals surface area contributed by atoms with Gasteiger partial charge in [0.05, 0.1) is 38.5 Å². The van der Waals surface area contributed by atoms with Gasteiger partial charge < -0.3 is 0 Å². The summed E-state index contributed by atoms with van der Waals surface area (Å²) in [5.41, 5.74) is 5.09. The number of azo groups is 2. The van der Waals surface area contributed by atoms with Crippen molar-refractivity contribution in [1.82, 2.24) is 0 Å². The molecule has 0 amide bonds. The molecule has 0 spiro atoms. The van der Waals surface area contributed by atoms with E-state index in [1.54, 1.807) is 36.4 Å². The summed E-state index contributed by atoms with van der Waals surface area (Å²) in [5, 5.41) is 19.8. The van der Waals surface area contributed by atoms with Gasteiger partial charge in [0.15, 0.2) is 11.6 Å². The first-order valence-electron chi connectivity index (χ1n) is 20.3. The van der Waals surface area contributed by atoms with Gasteiger partial charge in [-0.2, -0.15) is 0 Å². The molecule has 6 rings (SSSR count). The minimum Gasteiger partial charge on any atom is -0.289 e. The number of rotatable bonds is 7. The van der Waals surface area contributed by atoms with E-state index in [4.69, 9.17) is 79.8 Å². The maximum atomic E-state index is 13.7. The molecule has 334 valence electrons. The van der Waals surface area contributed by atoms with Gasteiger partial charge in [-0.25, -0.2) is 0 Å². The molecule has 0 N–H and O–H groups in total. The lowest BCUT2D eigenvalue weighted by molar-refractivity contribution is -0.114. The average molecular weight is 1010 g/mol. The maximum Gasteiger partial charge on any atom is 0.186 e. The highest BCUT2D eigenvalue weighted by atomic mass is 35.5. The molecular formula is C50H48Cl6N4O2S2. The summed E-state index contributed by atoms with van der Waals surface area (Å²) in [5.74, 6) is 0.0144. The molecule has 0 bridgehead atoms. The Morgan fingerprint density at radius 2 is 0.734 bits per heavy atom. The monoisotopic (exact) mass is 1010 g/mol. The Balaban J connectivity index is 1.41. The van der Waals surface area contributed by atoms with Gasteiger partial charge in [-0.3, -0.25) is 9.59 Å². The molecule has 2 aliphatic rings. The molecule has 0 saturated heterocycles. The number of halogens is 6. The molecule has 0 atom stereocenters. The number of allylic oxidation sites excluding steroid dienone is 10. The Hall–Kier alpha value is -3.44. The van der Waals surface area contributed by atoms with Crippen molar-refractivity contribution in [3.63, 3.8) is 0 Å². The fourth-order valence-electron chi connectivity index (χ4n) is 6.99. The van der Waals surface area contributed by atoms with Crippen molar-refractivity contribution in [3.05, 3.63) is 145 Å². The minimum absolute atomic E-state index is 0.00722. The molecule has 2 heterocycles. The zero-order valence-corrected chi connectivity index (χ0v) is 43.8. The van der Waals surface area contributed by atoms with E-state index in [0.29, 0.717) is 74.9 Å². The Labute approximate surface area is 414 Å². The summed E-state index contributed by atoms with van der Waals surface area (Å²) in [6, 6.07) is 13.9. The normalized spacial score (nSPS) is 15.6. The molecule has 0 aliphatic heterocycles. The van der Waals surface area contributed by atoms with E-state index in [1.807, 2.05) is 120 Å². The quantitative estimate of drug-likeness (QED) is 0.173. The molecule has 0 unspecified atom stereocenters. The van der Waals surface area contributed by atoms with Gasteiger partial charge in [0.25, 0.3) is 0 Å². The lowest BCUT2D eigenvalue weighted by Gasteiger charge is -2.31. The fourth-order valence-corrected chi connectivity index (χ4v) is 10.0. The number of nitrogens with zero attached hydrogens (tertiary/aromatic N) is 4. The van der Waals surface area contributed by atoms with Crippen molar-refractivity contribution in [2.45, 2.75) is 83.1 Å². The zero-order valence-electron chi connectivity index (χ0n) is 37.6. The first kappa shape index (κ1) is 50.0. The van der Waals surface area contributed by atoms with Crippen LogP contribution in [0, 0.1) is 21.7 Å². The van der Waals surface area contributed by atoms with Gasteiger partial charge in [-0.1, -0.05) is 153 Å². The van der Waals surface area contributed by atoms with Crippen LogP contribution in [0.25, 0.3) is 22.5 Å². The number of Topliss-reactive ketones (excluding diaryl/α,β-unsaturated/α-hetero) is 2. The summed E-state index contributed by atoms with van der Waals surface area (Å²) < 4.78 is 1.16. The largest absolute Gasteiger partial charge is 0.289 e. The standard InChI is InChI=1S/C50H48Cl6N4O2S2/c1-47(2,3)29-17-25(18-30(45(29)61)48(4,5)6)43(39-13-15-41(55)63-39)59-57-37-23-33(51)27(21-35(37)53)28-22-36(54)38(24-34(28)52)58-60-44(40-14-16-42(56)64-40)26-19-31(49(7,8)9)46(62)32(20-26)50(10,11)12/h13-24H,1-12H3. The van der Waals surface area contributed by atoms with E-state index < -0.39 is 21.7 Å². The molecule has 0 saturated carbocycles. The van der Waals surface area contributed by atoms with Crippen LogP contribution in [-0.4, -0.2) is 11.6 Å². The first-order chi connectivity index (χ1) is 29.5. The van der Waals surface area contributed by atoms with Crippen LogP contribution in [0.2, 0.25) is 28.8 Å². The van der Waals surface area contributed by atoms with Gasteiger partial charge >= 0.3 is 0 Å². The van der Waals surface area contributed by atoms with Gasteiger partial charge in [-0.15, -0.1) is 43.1 Å². The predicted octanol–water partition coefficient (Wildman–Crippen LogP) is 19.4. The molecule has 2 aromatic heterocycles. The number of hydrogen-bond acceptors (Lipinski definition) is 8. The molecule has 0 fully saturated rings. The Morgan fingerprint density at radius 3 is 0.984 bits per heavy atom. The van der Waals surface area contributed by atoms with E-state index in [2.05, 4.69) is 10.2 Å². The number of carbonyl (C=O) groups is 2. The molecule has 14 heteroatoms. The molecule has 4 aromatic rings. The first-order valence-corrected chi connectivity index (χ1v) is 24.2. The third kappa shape index (κ3) is 11.0. The number of benzene rings is 2. The lowest BCUT2D eigenvalue weighted by atomic mass is 9.71. The van der Waals surface area contributed by atoms with Gasteiger partial charge in [0.1, 0.15) is 22.8 Å². The van der Waals surface area contributed by atoms with E-state index in [1.165, 1.54) is 22.7 Å². The highest BCUT2D eigenvalue weighted by Gasteiger charge is 2.36. The van der Waals surface area contributed by atoms with E-state index in [9.17, 15) is 9.59 Å². The summed E-state index contributed by atoms with van der Waals surface area (Å²) in [7, 11) is 0. The van der Waals surface area contributed by atoms with Gasteiger partial charge in [-0.05, 0) is 94.5 Å².